The van der Waals surface area contributed by atoms with Gasteiger partial charge in [0.2, 0.25) is 0 Å². The van der Waals surface area contributed by atoms with E-state index < -0.39 is 5.97 Å². The number of carboxylic acid groups (broad SMARTS) is 1. The van der Waals surface area contributed by atoms with Gasteiger partial charge in [0.05, 0.1) is 29.9 Å². The number of aromatic nitrogens is 2. The van der Waals surface area contributed by atoms with E-state index in [4.69, 9.17) is 9.84 Å². The fraction of sp³-hybridized carbons (Fsp3) is 0.333. The molecule has 1 aliphatic rings. The van der Waals surface area contributed by atoms with Crippen LogP contribution in [0.1, 0.15) is 16.8 Å². The SMILES string of the molecule is O=C(O)c1ccc2c(cnn2CC2CCO2)c1. The first kappa shape index (κ1) is 10.3. The highest BCUT2D eigenvalue weighted by Gasteiger charge is 2.19. The zero-order valence-electron chi connectivity index (χ0n) is 9.17. The third-order valence-corrected chi connectivity index (χ3v) is 3.06. The molecule has 1 unspecified atom stereocenters. The van der Waals surface area contributed by atoms with Gasteiger partial charge in [-0.3, -0.25) is 4.68 Å². The summed E-state index contributed by atoms with van der Waals surface area (Å²) in [6.07, 6.45) is 3.01. The molecule has 1 saturated heterocycles. The van der Waals surface area contributed by atoms with E-state index in [0.29, 0.717) is 0 Å². The van der Waals surface area contributed by atoms with E-state index in [1.807, 2.05) is 4.68 Å². The quantitative estimate of drug-likeness (QED) is 0.871. The molecule has 5 heteroatoms. The molecule has 3 rings (SSSR count). The third-order valence-electron chi connectivity index (χ3n) is 3.06. The van der Waals surface area contributed by atoms with Crippen molar-refractivity contribution in [2.75, 3.05) is 6.61 Å². The number of carboxylic acids is 1. The monoisotopic (exact) mass is 232 g/mol. The van der Waals surface area contributed by atoms with Crippen LogP contribution in [-0.2, 0) is 11.3 Å². The average molecular weight is 232 g/mol. The average Bonchev–Trinajstić information content (AvgIpc) is 2.65. The minimum atomic E-state index is -0.915. The van der Waals surface area contributed by atoms with Crippen LogP contribution in [0, 0.1) is 0 Å². The minimum absolute atomic E-state index is 0.247. The van der Waals surface area contributed by atoms with Gasteiger partial charge in [-0.05, 0) is 24.6 Å². The highest BCUT2D eigenvalue weighted by molar-refractivity contribution is 5.93. The second-order valence-corrected chi connectivity index (χ2v) is 4.19. The highest BCUT2D eigenvalue weighted by Crippen LogP contribution is 2.19. The van der Waals surface area contributed by atoms with Crippen molar-refractivity contribution < 1.29 is 14.6 Å². The normalized spacial score (nSPS) is 19.2. The zero-order valence-corrected chi connectivity index (χ0v) is 9.17. The Morgan fingerprint density at radius 1 is 1.59 bits per heavy atom. The smallest absolute Gasteiger partial charge is 0.335 e. The molecule has 1 N–H and O–H groups in total. The van der Waals surface area contributed by atoms with Gasteiger partial charge in [-0.15, -0.1) is 0 Å². The molecule has 0 spiro atoms. The van der Waals surface area contributed by atoms with Gasteiger partial charge in [-0.25, -0.2) is 4.79 Å². The summed E-state index contributed by atoms with van der Waals surface area (Å²) >= 11 is 0. The van der Waals surface area contributed by atoms with Gasteiger partial charge in [-0.2, -0.15) is 5.10 Å². The first-order chi connectivity index (χ1) is 8.24. The number of rotatable bonds is 3. The summed E-state index contributed by atoms with van der Waals surface area (Å²) in [5.41, 5.74) is 1.24. The predicted molar refractivity (Wildman–Crippen MR) is 61.0 cm³/mol. The van der Waals surface area contributed by atoms with E-state index in [1.165, 1.54) is 0 Å². The molecular formula is C12H12N2O3. The molecule has 0 aliphatic carbocycles. The van der Waals surface area contributed by atoms with Gasteiger partial charge in [0.25, 0.3) is 0 Å². The van der Waals surface area contributed by atoms with Crippen LogP contribution in [0.2, 0.25) is 0 Å². The van der Waals surface area contributed by atoms with Gasteiger partial charge < -0.3 is 9.84 Å². The molecule has 1 aromatic heterocycles. The molecule has 0 amide bonds. The molecule has 0 radical (unpaired) electrons. The second kappa shape index (κ2) is 3.85. The molecule has 1 aliphatic heterocycles. The van der Waals surface area contributed by atoms with Crippen LogP contribution in [-0.4, -0.2) is 33.6 Å². The van der Waals surface area contributed by atoms with E-state index in [1.54, 1.807) is 24.4 Å². The van der Waals surface area contributed by atoms with Crippen molar-refractivity contribution in [2.24, 2.45) is 0 Å². The van der Waals surface area contributed by atoms with Crippen molar-refractivity contribution in [3.63, 3.8) is 0 Å². The number of hydrogen-bond acceptors (Lipinski definition) is 3. The molecule has 0 bridgehead atoms. The van der Waals surface area contributed by atoms with Crippen LogP contribution >= 0.6 is 0 Å². The van der Waals surface area contributed by atoms with Crippen molar-refractivity contribution in [3.8, 4) is 0 Å². The molecule has 2 aromatic rings. The summed E-state index contributed by atoms with van der Waals surface area (Å²) < 4.78 is 7.23. The summed E-state index contributed by atoms with van der Waals surface area (Å²) in [5, 5.41) is 14.0. The van der Waals surface area contributed by atoms with Crippen LogP contribution in [0.4, 0.5) is 0 Å². The summed E-state index contributed by atoms with van der Waals surface area (Å²) in [7, 11) is 0. The van der Waals surface area contributed by atoms with Gasteiger partial charge in [0.1, 0.15) is 0 Å². The predicted octanol–water partition coefficient (Wildman–Crippen LogP) is 1.52. The zero-order chi connectivity index (χ0) is 11.8. The van der Waals surface area contributed by atoms with E-state index in [-0.39, 0.29) is 11.7 Å². The Hall–Kier alpha value is -1.88. The first-order valence-corrected chi connectivity index (χ1v) is 5.54. The molecule has 88 valence electrons. The lowest BCUT2D eigenvalue weighted by Gasteiger charge is -2.26. The fourth-order valence-electron chi connectivity index (χ4n) is 1.99. The van der Waals surface area contributed by atoms with Gasteiger partial charge in [0, 0.05) is 12.0 Å². The topological polar surface area (TPSA) is 64.3 Å². The number of hydrogen-bond donors (Lipinski definition) is 1. The number of ether oxygens (including phenoxy) is 1. The molecular weight excluding hydrogens is 220 g/mol. The minimum Gasteiger partial charge on any atom is -0.478 e. The molecule has 0 saturated carbocycles. The maximum atomic E-state index is 10.8. The second-order valence-electron chi connectivity index (χ2n) is 4.19. The molecule has 1 atom stereocenters. The number of fused-ring (bicyclic) bond motifs is 1. The van der Waals surface area contributed by atoms with Crippen LogP contribution < -0.4 is 0 Å². The molecule has 1 aromatic carbocycles. The molecule has 2 heterocycles. The van der Waals surface area contributed by atoms with E-state index >= 15 is 0 Å². The maximum Gasteiger partial charge on any atom is 0.335 e. The van der Waals surface area contributed by atoms with Crippen LogP contribution in [0.15, 0.2) is 24.4 Å². The van der Waals surface area contributed by atoms with Crippen LogP contribution in [0.3, 0.4) is 0 Å². The Bertz CT molecular complexity index is 572. The Balaban J connectivity index is 1.95. The van der Waals surface area contributed by atoms with Crippen LogP contribution in [0.25, 0.3) is 10.9 Å². The van der Waals surface area contributed by atoms with Gasteiger partial charge >= 0.3 is 5.97 Å². The molecule has 17 heavy (non-hydrogen) atoms. The van der Waals surface area contributed by atoms with E-state index in [0.717, 1.165) is 30.5 Å². The fourth-order valence-corrected chi connectivity index (χ4v) is 1.99. The number of benzene rings is 1. The largest absolute Gasteiger partial charge is 0.478 e. The Morgan fingerprint density at radius 3 is 3.06 bits per heavy atom. The first-order valence-electron chi connectivity index (χ1n) is 5.54. The lowest BCUT2D eigenvalue weighted by Crippen LogP contribution is -2.31. The Morgan fingerprint density at radius 2 is 2.41 bits per heavy atom. The Labute approximate surface area is 97.6 Å². The van der Waals surface area contributed by atoms with E-state index in [9.17, 15) is 4.79 Å². The molecule has 5 nitrogen and oxygen atoms in total. The summed E-state index contributed by atoms with van der Waals surface area (Å²) in [5.74, 6) is -0.915. The number of carbonyl (C=O) groups is 1. The lowest BCUT2D eigenvalue weighted by atomic mass is 10.1. The summed E-state index contributed by atoms with van der Waals surface area (Å²) in [6, 6.07) is 5.04. The standard InChI is InChI=1S/C12H12N2O3/c15-12(16)8-1-2-11-9(5-8)6-13-14(11)7-10-3-4-17-10/h1-2,5-6,10H,3-4,7H2,(H,15,16). The lowest BCUT2D eigenvalue weighted by molar-refractivity contribution is -0.0602. The van der Waals surface area contributed by atoms with E-state index in [2.05, 4.69) is 5.10 Å². The van der Waals surface area contributed by atoms with Crippen molar-refractivity contribution in [1.82, 2.24) is 9.78 Å². The van der Waals surface area contributed by atoms with Crippen molar-refractivity contribution in [2.45, 2.75) is 19.1 Å². The number of aromatic carboxylic acids is 1. The maximum absolute atomic E-state index is 10.8. The third kappa shape index (κ3) is 1.78. The Kier molecular flexibility index (Phi) is 2.33. The van der Waals surface area contributed by atoms with Gasteiger partial charge in [-0.1, -0.05) is 0 Å². The number of nitrogens with zero attached hydrogens (tertiary/aromatic N) is 2. The van der Waals surface area contributed by atoms with Crippen LogP contribution in [0.5, 0.6) is 0 Å². The summed E-state index contributed by atoms with van der Waals surface area (Å²) in [4.78, 5) is 10.8. The van der Waals surface area contributed by atoms with Crippen molar-refractivity contribution in [3.05, 3.63) is 30.0 Å². The van der Waals surface area contributed by atoms with Gasteiger partial charge in [0.15, 0.2) is 0 Å². The molecule has 1 fully saturated rings. The highest BCUT2D eigenvalue weighted by atomic mass is 16.5. The van der Waals surface area contributed by atoms with Crippen molar-refractivity contribution in [1.29, 1.82) is 0 Å². The summed E-state index contributed by atoms with van der Waals surface area (Å²) in [6.45, 7) is 1.56. The van der Waals surface area contributed by atoms with Crippen molar-refractivity contribution >= 4 is 16.9 Å².